The predicted molar refractivity (Wildman–Crippen MR) is 99.4 cm³/mol. The standard InChI is InChI=1S/C16H20N4O3S2/c1-8-13(25-15(17-8)18-10(3)21)12-7-24-16(19-12)20-6-4-5-11(9(20)2)14(22)23/h7,9,11H,4-6H2,1-3H3,(H,22,23)(H,17,18,21). The van der Waals surface area contributed by atoms with Crippen molar-refractivity contribution in [1.29, 1.82) is 0 Å². The second kappa shape index (κ2) is 7.09. The van der Waals surface area contributed by atoms with Crippen molar-refractivity contribution in [3.63, 3.8) is 0 Å². The molecule has 0 aromatic carbocycles. The van der Waals surface area contributed by atoms with Gasteiger partial charge < -0.3 is 15.3 Å². The molecule has 0 radical (unpaired) electrons. The highest BCUT2D eigenvalue weighted by Gasteiger charge is 2.34. The van der Waals surface area contributed by atoms with E-state index in [1.165, 1.54) is 29.6 Å². The van der Waals surface area contributed by atoms with Crippen LogP contribution in [0.15, 0.2) is 5.38 Å². The Kier molecular flexibility index (Phi) is 5.05. The van der Waals surface area contributed by atoms with Gasteiger partial charge in [-0.1, -0.05) is 11.3 Å². The zero-order valence-electron chi connectivity index (χ0n) is 14.3. The van der Waals surface area contributed by atoms with Gasteiger partial charge in [0.1, 0.15) is 0 Å². The molecular formula is C16H20N4O3S2. The van der Waals surface area contributed by atoms with Crippen LogP contribution in [0.5, 0.6) is 0 Å². The van der Waals surface area contributed by atoms with Gasteiger partial charge in [-0.05, 0) is 26.7 Å². The molecule has 2 aromatic rings. The van der Waals surface area contributed by atoms with Gasteiger partial charge in [0, 0.05) is 24.9 Å². The lowest BCUT2D eigenvalue weighted by Crippen LogP contribution is -2.46. The highest BCUT2D eigenvalue weighted by molar-refractivity contribution is 7.20. The first kappa shape index (κ1) is 17.8. The summed E-state index contributed by atoms with van der Waals surface area (Å²) in [6, 6.07) is -0.0808. The van der Waals surface area contributed by atoms with Gasteiger partial charge in [-0.3, -0.25) is 9.59 Å². The van der Waals surface area contributed by atoms with Crippen LogP contribution in [0.1, 0.15) is 32.4 Å². The Bertz CT molecular complexity index is 801. The van der Waals surface area contributed by atoms with Crippen molar-refractivity contribution in [3.05, 3.63) is 11.1 Å². The summed E-state index contributed by atoms with van der Waals surface area (Å²) in [6.45, 7) is 6.11. The molecule has 3 rings (SSSR count). The number of nitrogens with one attached hydrogen (secondary N) is 1. The van der Waals surface area contributed by atoms with E-state index in [0.29, 0.717) is 11.6 Å². The summed E-state index contributed by atoms with van der Waals surface area (Å²) in [7, 11) is 0. The number of carbonyl (C=O) groups is 2. The molecule has 1 aliphatic rings. The predicted octanol–water partition coefficient (Wildman–Crippen LogP) is 3.22. The summed E-state index contributed by atoms with van der Waals surface area (Å²) in [4.78, 5) is 34.7. The zero-order chi connectivity index (χ0) is 18.1. The molecule has 0 saturated carbocycles. The molecule has 1 fully saturated rings. The van der Waals surface area contributed by atoms with E-state index in [4.69, 9.17) is 4.98 Å². The van der Waals surface area contributed by atoms with E-state index >= 15 is 0 Å². The van der Waals surface area contributed by atoms with Gasteiger partial charge in [0.05, 0.1) is 22.2 Å². The highest BCUT2D eigenvalue weighted by Crippen LogP contribution is 2.37. The minimum absolute atomic E-state index is 0.0808. The van der Waals surface area contributed by atoms with Crippen LogP contribution in [0.4, 0.5) is 10.3 Å². The van der Waals surface area contributed by atoms with E-state index < -0.39 is 5.97 Å². The third-order valence-electron chi connectivity index (χ3n) is 4.36. The summed E-state index contributed by atoms with van der Waals surface area (Å²) in [5, 5.41) is 15.4. The molecule has 7 nitrogen and oxygen atoms in total. The van der Waals surface area contributed by atoms with E-state index in [1.807, 2.05) is 19.2 Å². The number of piperidine rings is 1. The quantitative estimate of drug-likeness (QED) is 0.845. The molecular weight excluding hydrogens is 360 g/mol. The van der Waals surface area contributed by atoms with E-state index in [9.17, 15) is 14.7 Å². The number of aromatic nitrogens is 2. The Morgan fingerprint density at radius 3 is 2.84 bits per heavy atom. The van der Waals surface area contributed by atoms with Crippen LogP contribution in [0.3, 0.4) is 0 Å². The minimum atomic E-state index is -0.743. The lowest BCUT2D eigenvalue weighted by Gasteiger charge is -2.37. The Labute approximate surface area is 153 Å². The number of carboxylic acid groups (broad SMARTS) is 1. The van der Waals surface area contributed by atoms with Crippen molar-refractivity contribution in [2.75, 3.05) is 16.8 Å². The second-order valence-electron chi connectivity index (χ2n) is 6.15. The highest BCUT2D eigenvalue weighted by atomic mass is 32.1. The van der Waals surface area contributed by atoms with Crippen molar-refractivity contribution < 1.29 is 14.7 Å². The van der Waals surface area contributed by atoms with E-state index in [0.717, 1.165) is 34.4 Å². The van der Waals surface area contributed by atoms with Crippen LogP contribution in [0.25, 0.3) is 10.6 Å². The van der Waals surface area contributed by atoms with Crippen molar-refractivity contribution in [2.24, 2.45) is 5.92 Å². The summed E-state index contributed by atoms with van der Waals surface area (Å²) in [5.41, 5.74) is 1.64. The summed E-state index contributed by atoms with van der Waals surface area (Å²) < 4.78 is 0. The van der Waals surface area contributed by atoms with Gasteiger partial charge in [-0.25, -0.2) is 9.97 Å². The number of carbonyl (C=O) groups excluding carboxylic acids is 1. The molecule has 3 heterocycles. The maximum atomic E-state index is 11.4. The molecule has 1 amide bonds. The largest absolute Gasteiger partial charge is 0.481 e. The Balaban J connectivity index is 1.84. The number of nitrogens with zero attached hydrogens (tertiary/aromatic N) is 3. The smallest absolute Gasteiger partial charge is 0.308 e. The molecule has 9 heteroatoms. The first-order valence-electron chi connectivity index (χ1n) is 8.07. The van der Waals surface area contributed by atoms with E-state index in [1.54, 1.807) is 0 Å². The average Bonchev–Trinajstić information content (AvgIpc) is 3.13. The Morgan fingerprint density at radius 2 is 2.16 bits per heavy atom. The second-order valence-corrected chi connectivity index (χ2v) is 7.99. The molecule has 2 N–H and O–H groups in total. The molecule has 2 atom stereocenters. The fourth-order valence-corrected chi connectivity index (χ4v) is 5.06. The van der Waals surface area contributed by atoms with Crippen LogP contribution >= 0.6 is 22.7 Å². The van der Waals surface area contributed by atoms with Gasteiger partial charge in [-0.2, -0.15) is 0 Å². The normalized spacial score (nSPS) is 20.5. The van der Waals surface area contributed by atoms with Crippen molar-refractivity contribution >= 4 is 44.8 Å². The molecule has 134 valence electrons. The SMILES string of the molecule is CC(=O)Nc1nc(C)c(-c2csc(N3CCCC(C(=O)O)C3C)n2)s1. The zero-order valence-corrected chi connectivity index (χ0v) is 15.9. The molecule has 0 aliphatic carbocycles. The molecule has 1 aliphatic heterocycles. The number of carboxylic acids is 1. The first-order valence-corrected chi connectivity index (χ1v) is 9.76. The molecule has 2 aromatic heterocycles. The van der Waals surface area contributed by atoms with E-state index in [-0.39, 0.29) is 17.9 Å². The monoisotopic (exact) mass is 380 g/mol. The maximum Gasteiger partial charge on any atom is 0.308 e. The molecule has 25 heavy (non-hydrogen) atoms. The van der Waals surface area contributed by atoms with Crippen molar-refractivity contribution in [3.8, 4) is 10.6 Å². The van der Waals surface area contributed by atoms with Crippen LogP contribution in [0.2, 0.25) is 0 Å². The topological polar surface area (TPSA) is 95.4 Å². The molecule has 0 spiro atoms. The minimum Gasteiger partial charge on any atom is -0.481 e. The van der Waals surface area contributed by atoms with Crippen LogP contribution in [-0.2, 0) is 9.59 Å². The number of hydrogen-bond acceptors (Lipinski definition) is 7. The molecule has 2 unspecified atom stereocenters. The number of amides is 1. The third-order valence-corrected chi connectivity index (χ3v) is 6.33. The summed E-state index contributed by atoms with van der Waals surface area (Å²) in [6.07, 6.45) is 1.56. The summed E-state index contributed by atoms with van der Waals surface area (Å²) >= 11 is 2.91. The van der Waals surface area contributed by atoms with Crippen molar-refractivity contribution in [1.82, 2.24) is 9.97 Å². The van der Waals surface area contributed by atoms with Gasteiger partial charge in [-0.15, -0.1) is 11.3 Å². The number of aliphatic carboxylic acids is 1. The van der Waals surface area contributed by atoms with Gasteiger partial charge >= 0.3 is 5.97 Å². The van der Waals surface area contributed by atoms with Crippen LogP contribution < -0.4 is 10.2 Å². The van der Waals surface area contributed by atoms with E-state index in [2.05, 4.69) is 15.2 Å². The lowest BCUT2D eigenvalue weighted by atomic mass is 9.91. The van der Waals surface area contributed by atoms with Crippen LogP contribution in [-0.4, -0.2) is 39.5 Å². The number of anilines is 2. The van der Waals surface area contributed by atoms with Crippen LogP contribution in [0, 0.1) is 12.8 Å². The fraction of sp³-hybridized carbons (Fsp3) is 0.500. The lowest BCUT2D eigenvalue weighted by molar-refractivity contribution is -0.143. The number of hydrogen-bond donors (Lipinski definition) is 2. The molecule has 1 saturated heterocycles. The van der Waals surface area contributed by atoms with Crippen molar-refractivity contribution in [2.45, 2.75) is 39.7 Å². The first-order chi connectivity index (χ1) is 11.9. The van der Waals surface area contributed by atoms with Gasteiger partial charge in [0.25, 0.3) is 0 Å². The molecule has 0 bridgehead atoms. The maximum absolute atomic E-state index is 11.4. The van der Waals surface area contributed by atoms with Gasteiger partial charge in [0.15, 0.2) is 10.3 Å². The summed E-state index contributed by atoms with van der Waals surface area (Å²) in [5.74, 6) is -1.26. The number of thiazole rings is 2. The fourth-order valence-electron chi connectivity index (χ4n) is 3.08. The third kappa shape index (κ3) is 3.67. The number of rotatable bonds is 4. The average molecular weight is 380 g/mol. The Morgan fingerprint density at radius 1 is 1.40 bits per heavy atom. The Hall–Kier alpha value is -2.00. The number of aryl methyl sites for hydroxylation is 1. The van der Waals surface area contributed by atoms with Gasteiger partial charge in [0.2, 0.25) is 5.91 Å².